The van der Waals surface area contributed by atoms with Crippen LogP contribution in [0.3, 0.4) is 0 Å². The monoisotopic (exact) mass is 332 g/mol. The van der Waals surface area contributed by atoms with Crippen molar-refractivity contribution in [3.8, 4) is 11.5 Å². The molecule has 1 aromatic heterocycles. The van der Waals surface area contributed by atoms with Crippen LogP contribution in [0.15, 0.2) is 41.3 Å². The molecule has 1 amide bonds. The van der Waals surface area contributed by atoms with Gasteiger partial charge >= 0.3 is 0 Å². The number of nitrogens with one attached hydrogen (secondary N) is 1. The summed E-state index contributed by atoms with van der Waals surface area (Å²) in [6.07, 6.45) is 0.532. The number of carbonyl (C=O) groups is 1. The number of carbonyl (C=O) groups excluding carboxylic acids is 1. The fraction of sp³-hybridized carbons (Fsp3) is 0.294. The molecule has 0 aliphatic carbocycles. The molecule has 0 spiro atoms. The van der Waals surface area contributed by atoms with Gasteiger partial charge in [0.05, 0.1) is 14.2 Å². The van der Waals surface area contributed by atoms with Crippen LogP contribution < -0.4 is 20.3 Å². The van der Waals surface area contributed by atoms with Gasteiger partial charge in [-0.05, 0) is 24.3 Å². The average molecular weight is 332 g/mol. The lowest BCUT2D eigenvalue weighted by molar-refractivity contribution is 0.0914. The van der Waals surface area contributed by atoms with Crippen LogP contribution in [-0.4, -0.2) is 36.3 Å². The summed E-state index contributed by atoms with van der Waals surface area (Å²) in [5.41, 5.74) is 0.460. The number of nitrogens with zero attached hydrogens (tertiary/aromatic N) is 1. The molecule has 1 heterocycles. The Morgan fingerprint density at radius 1 is 1.25 bits per heavy atom. The number of ether oxygens (including phenoxy) is 2. The molecule has 0 aliphatic rings. The Balaban J connectivity index is 2.09. The highest BCUT2D eigenvalue weighted by Crippen LogP contribution is 2.29. The predicted octanol–water partition coefficient (Wildman–Crippen LogP) is 0.866. The van der Waals surface area contributed by atoms with Crippen LogP contribution in [0.25, 0.3) is 0 Å². The molecule has 1 aromatic carbocycles. The standard InChI is InChI=1S/C17H20N2O5/c1-19-7-6-11(8-16(19)21)17(22)18-10-14(20)13-9-12(23-2)4-5-15(13)24-3/h4-9,14,20H,10H2,1-3H3,(H,18,22)/t14-/m0/s1. The van der Waals surface area contributed by atoms with Crippen molar-refractivity contribution in [3.63, 3.8) is 0 Å². The van der Waals surface area contributed by atoms with E-state index in [1.807, 2.05) is 0 Å². The molecule has 2 aromatic rings. The fourth-order valence-corrected chi connectivity index (χ4v) is 2.19. The Labute approximate surface area is 139 Å². The first-order valence-electron chi connectivity index (χ1n) is 7.31. The number of aliphatic hydroxyl groups excluding tert-OH is 1. The highest BCUT2D eigenvalue weighted by atomic mass is 16.5. The van der Waals surface area contributed by atoms with Gasteiger partial charge in [-0.15, -0.1) is 0 Å². The molecule has 0 bridgehead atoms. The summed E-state index contributed by atoms with van der Waals surface area (Å²) in [5.74, 6) is 0.627. The van der Waals surface area contributed by atoms with Crippen molar-refractivity contribution < 1.29 is 19.4 Å². The lowest BCUT2D eigenvalue weighted by Gasteiger charge is -2.16. The summed E-state index contributed by atoms with van der Waals surface area (Å²) >= 11 is 0. The van der Waals surface area contributed by atoms with E-state index in [1.54, 1.807) is 25.2 Å². The molecule has 0 saturated heterocycles. The molecule has 0 unspecified atom stereocenters. The van der Waals surface area contributed by atoms with Crippen LogP contribution in [0.5, 0.6) is 11.5 Å². The quantitative estimate of drug-likeness (QED) is 0.819. The number of pyridine rings is 1. The highest BCUT2D eigenvalue weighted by molar-refractivity contribution is 5.93. The maximum absolute atomic E-state index is 12.1. The van der Waals surface area contributed by atoms with E-state index in [0.29, 0.717) is 17.1 Å². The summed E-state index contributed by atoms with van der Waals surface area (Å²) in [5, 5.41) is 12.9. The molecule has 0 aliphatic heterocycles. The molecule has 7 heteroatoms. The molecule has 7 nitrogen and oxygen atoms in total. The molecular formula is C17H20N2O5. The molecule has 24 heavy (non-hydrogen) atoms. The van der Waals surface area contributed by atoms with Crippen LogP contribution in [-0.2, 0) is 7.05 Å². The Bertz CT molecular complexity index is 785. The van der Waals surface area contributed by atoms with Gasteiger partial charge in [0.25, 0.3) is 11.5 Å². The van der Waals surface area contributed by atoms with Gasteiger partial charge in [0.2, 0.25) is 0 Å². The van der Waals surface area contributed by atoms with Crippen LogP contribution in [0.2, 0.25) is 0 Å². The maximum Gasteiger partial charge on any atom is 0.251 e. The lowest BCUT2D eigenvalue weighted by Crippen LogP contribution is -2.30. The van der Waals surface area contributed by atoms with Crippen LogP contribution >= 0.6 is 0 Å². The van der Waals surface area contributed by atoms with Gasteiger partial charge in [0.1, 0.15) is 17.6 Å². The third kappa shape index (κ3) is 3.94. The third-order valence-electron chi connectivity index (χ3n) is 3.62. The smallest absolute Gasteiger partial charge is 0.251 e. The molecule has 0 fully saturated rings. The van der Waals surface area contributed by atoms with E-state index in [0.717, 1.165) is 0 Å². The van der Waals surface area contributed by atoms with Gasteiger partial charge in [0, 0.05) is 37.0 Å². The normalized spacial score (nSPS) is 11.7. The highest BCUT2D eigenvalue weighted by Gasteiger charge is 2.16. The Kier molecular flexibility index (Phi) is 5.59. The molecule has 0 saturated carbocycles. The molecule has 0 radical (unpaired) electrons. The van der Waals surface area contributed by atoms with Crippen LogP contribution in [0.1, 0.15) is 22.0 Å². The minimum absolute atomic E-state index is 0.0302. The number of benzene rings is 1. The minimum Gasteiger partial charge on any atom is -0.497 e. The first kappa shape index (κ1) is 17.6. The molecular weight excluding hydrogens is 312 g/mol. The number of amides is 1. The second-order valence-electron chi connectivity index (χ2n) is 5.20. The molecule has 1 atom stereocenters. The van der Waals surface area contributed by atoms with E-state index < -0.39 is 12.0 Å². The number of aryl methyl sites for hydroxylation is 1. The second-order valence-corrected chi connectivity index (χ2v) is 5.20. The van der Waals surface area contributed by atoms with Crippen molar-refractivity contribution in [1.29, 1.82) is 0 Å². The summed E-state index contributed by atoms with van der Waals surface area (Å²) in [6, 6.07) is 7.82. The van der Waals surface area contributed by atoms with E-state index in [1.165, 1.54) is 37.1 Å². The Morgan fingerprint density at radius 2 is 2.00 bits per heavy atom. The lowest BCUT2D eigenvalue weighted by atomic mass is 10.1. The zero-order chi connectivity index (χ0) is 17.7. The number of rotatable bonds is 6. The van der Waals surface area contributed by atoms with E-state index >= 15 is 0 Å². The predicted molar refractivity (Wildman–Crippen MR) is 88.5 cm³/mol. The van der Waals surface area contributed by atoms with Crippen molar-refractivity contribution in [2.75, 3.05) is 20.8 Å². The number of methoxy groups -OCH3 is 2. The van der Waals surface area contributed by atoms with E-state index in [-0.39, 0.29) is 17.7 Å². The van der Waals surface area contributed by atoms with E-state index in [4.69, 9.17) is 9.47 Å². The first-order valence-corrected chi connectivity index (χ1v) is 7.31. The fourth-order valence-electron chi connectivity index (χ4n) is 2.19. The van der Waals surface area contributed by atoms with Crippen molar-refractivity contribution in [1.82, 2.24) is 9.88 Å². The van der Waals surface area contributed by atoms with Crippen LogP contribution in [0.4, 0.5) is 0 Å². The molecule has 2 N–H and O–H groups in total. The summed E-state index contributed by atoms with van der Waals surface area (Å²) in [6.45, 7) is -0.0302. The summed E-state index contributed by atoms with van der Waals surface area (Å²) < 4.78 is 11.7. The zero-order valence-electron chi connectivity index (χ0n) is 13.8. The van der Waals surface area contributed by atoms with Gasteiger partial charge < -0.3 is 24.5 Å². The Morgan fingerprint density at radius 3 is 2.62 bits per heavy atom. The van der Waals surface area contributed by atoms with Gasteiger partial charge in [-0.3, -0.25) is 9.59 Å². The van der Waals surface area contributed by atoms with Crippen molar-refractivity contribution in [3.05, 3.63) is 58.0 Å². The molecule has 128 valence electrons. The average Bonchev–Trinajstić information content (AvgIpc) is 2.60. The van der Waals surface area contributed by atoms with Gasteiger partial charge in [0.15, 0.2) is 0 Å². The zero-order valence-corrected chi connectivity index (χ0v) is 13.8. The van der Waals surface area contributed by atoms with Crippen LogP contribution in [0, 0.1) is 0 Å². The number of aliphatic hydroxyl groups is 1. The SMILES string of the molecule is COc1ccc(OC)c([C@@H](O)CNC(=O)c2ccn(C)c(=O)c2)c1. The first-order chi connectivity index (χ1) is 11.5. The largest absolute Gasteiger partial charge is 0.497 e. The van der Waals surface area contributed by atoms with Crippen molar-refractivity contribution in [2.45, 2.75) is 6.10 Å². The van der Waals surface area contributed by atoms with Gasteiger partial charge in [-0.1, -0.05) is 0 Å². The molecule has 2 rings (SSSR count). The number of aromatic nitrogens is 1. The van der Waals surface area contributed by atoms with E-state index in [9.17, 15) is 14.7 Å². The summed E-state index contributed by atoms with van der Waals surface area (Å²) in [7, 11) is 4.62. The van der Waals surface area contributed by atoms with E-state index in [2.05, 4.69) is 5.32 Å². The van der Waals surface area contributed by atoms with Crippen molar-refractivity contribution in [2.24, 2.45) is 7.05 Å². The van der Waals surface area contributed by atoms with Gasteiger partial charge in [-0.25, -0.2) is 0 Å². The minimum atomic E-state index is -0.981. The topological polar surface area (TPSA) is 89.8 Å². The Hall–Kier alpha value is -2.80. The maximum atomic E-state index is 12.1. The third-order valence-corrected chi connectivity index (χ3v) is 3.62. The van der Waals surface area contributed by atoms with Gasteiger partial charge in [-0.2, -0.15) is 0 Å². The van der Waals surface area contributed by atoms with Crippen molar-refractivity contribution >= 4 is 5.91 Å². The summed E-state index contributed by atoms with van der Waals surface area (Å²) in [4.78, 5) is 23.7. The number of hydrogen-bond donors (Lipinski definition) is 2. The number of hydrogen-bond acceptors (Lipinski definition) is 5. The second kappa shape index (κ2) is 7.65.